The molecule has 0 amide bonds. The van der Waals surface area contributed by atoms with Gasteiger partial charge in [0.2, 0.25) is 0 Å². The number of hydrogen-bond donors (Lipinski definition) is 0. The van der Waals surface area contributed by atoms with Gasteiger partial charge in [0, 0.05) is 0 Å². The molecule has 0 aliphatic heterocycles. The van der Waals surface area contributed by atoms with E-state index in [0.717, 1.165) is 59.2 Å². The van der Waals surface area contributed by atoms with Gasteiger partial charge >= 0.3 is 0 Å². The molecule has 4 fully saturated rings. The average Bonchev–Trinajstić information content (AvgIpc) is 3.14. The van der Waals surface area contributed by atoms with E-state index in [2.05, 4.69) is 24.3 Å². The highest BCUT2D eigenvalue weighted by Gasteiger charge is 2.68. The lowest BCUT2D eigenvalue weighted by atomic mass is 9.62. The molecule has 6 bridgehead atoms. The summed E-state index contributed by atoms with van der Waals surface area (Å²) in [6, 6.07) is 0. The highest BCUT2D eigenvalue weighted by Crippen LogP contribution is 2.74. The minimum Gasteiger partial charge on any atom is -0.0848 e. The number of hydrogen-bond acceptors (Lipinski definition) is 0. The lowest BCUT2D eigenvalue weighted by Gasteiger charge is -2.42. The highest BCUT2D eigenvalue weighted by molar-refractivity contribution is 5.27. The van der Waals surface area contributed by atoms with E-state index < -0.39 is 0 Å². The van der Waals surface area contributed by atoms with Gasteiger partial charge in [0.25, 0.3) is 0 Å². The van der Waals surface area contributed by atoms with Crippen LogP contribution in [0, 0.1) is 59.2 Å². The van der Waals surface area contributed by atoms with E-state index >= 15 is 0 Å². The monoisotopic (exact) mass is 224 g/mol. The van der Waals surface area contributed by atoms with Crippen molar-refractivity contribution >= 4 is 0 Å². The van der Waals surface area contributed by atoms with Crippen molar-refractivity contribution < 1.29 is 0 Å². The second-order valence-corrected chi connectivity index (χ2v) is 7.77. The van der Waals surface area contributed by atoms with Crippen molar-refractivity contribution in [2.75, 3.05) is 0 Å². The second kappa shape index (κ2) is 2.44. The SMILES string of the molecule is C1=C[C@H]2C[C@@H]1[C@@H]1C3CC([C@@H]4[C@H]3[C@H]3C=C[C@@H]4C3)[C@@H]12. The number of rotatable bonds is 0. The summed E-state index contributed by atoms with van der Waals surface area (Å²) >= 11 is 0. The van der Waals surface area contributed by atoms with E-state index in [1.54, 1.807) is 6.42 Å². The van der Waals surface area contributed by atoms with Gasteiger partial charge in [-0.3, -0.25) is 0 Å². The van der Waals surface area contributed by atoms with Crippen molar-refractivity contribution in [1.82, 2.24) is 0 Å². The summed E-state index contributed by atoms with van der Waals surface area (Å²) < 4.78 is 0. The van der Waals surface area contributed by atoms with E-state index in [4.69, 9.17) is 0 Å². The third-order valence-corrected chi connectivity index (χ3v) is 7.69. The molecule has 0 heteroatoms. The van der Waals surface area contributed by atoms with E-state index in [0.29, 0.717) is 0 Å². The molecule has 6 aliphatic rings. The van der Waals surface area contributed by atoms with Gasteiger partial charge in [0.1, 0.15) is 0 Å². The molecule has 10 atom stereocenters. The molecule has 17 heavy (non-hydrogen) atoms. The number of fused-ring (bicyclic) bond motifs is 16. The van der Waals surface area contributed by atoms with Crippen LogP contribution in [0.25, 0.3) is 0 Å². The normalized spacial score (nSPS) is 71.5. The molecule has 0 nitrogen and oxygen atoms in total. The maximum absolute atomic E-state index is 2.59. The molecule has 6 aliphatic carbocycles. The smallest absolute Gasteiger partial charge is 0.0194 e. The summed E-state index contributed by atoms with van der Waals surface area (Å²) in [5.41, 5.74) is 0. The number of allylic oxidation sites excluding steroid dienone is 4. The zero-order valence-electron chi connectivity index (χ0n) is 10.2. The van der Waals surface area contributed by atoms with Crippen molar-refractivity contribution in [3.05, 3.63) is 24.3 Å². The van der Waals surface area contributed by atoms with Crippen LogP contribution in [0.4, 0.5) is 0 Å². The molecule has 0 radical (unpaired) electrons. The first kappa shape index (κ1) is 8.56. The van der Waals surface area contributed by atoms with Crippen molar-refractivity contribution in [3.8, 4) is 0 Å². The first-order valence-electron chi connectivity index (χ1n) is 7.78. The van der Waals surface area contributed by atoms with Crippen LogP contribution in [0.1, 0.15) is 19.3 Å². The largest absolute Gasteiger partial charge is 0.0848 e. The molecule has 88 valence electrons. The van der Waals surface area contributed by atoms with Crippen molar-refractivity contribution in [2.24, 2.45) is 59.2 Å². The molecule has 0 aromatic heterocycles. The predicted molar refractivity (Wildman–Crippen MR) is 67.0 cm³/mol. The van der Waals surface area contributed by atoms with E-state index in [1.165, 1.54) is 12.8 Å². The van der Waals surface area contributed by atoms with Crippen LogP contribution in [0.15, 0.2) is 24.3 Å². The lowest BCUT2D eigenvalue weighted by Crippen LogP contribution is -2.38. The molecule has 0 saturated heterocycles. The quantitative estimate of drug-likeness (QED) is 0.436. The molecule has 0 N–H and O–H groups in total. The molecule has 0 heterocycles. The Labute approximate surface area is 103 Å². The average molecular weight is 224 g/mol. The lowest BCUT2D eigenvalue weighted by molar-refractivity contribution is 0.0811. The summed E-state index contributed by atoms with van der Waals surface area (Å²) in [5, 5.41) is 0. The Morgan fingerprint density at radius 2 is 0.824 bits per heavy atom. The minimum absolute atomic E-state index is 1.00. The van der Waals surface area contributed by atoms with Gasteiger partial charge in [-0.15, -0.1) is 0 Å². The first-order valence-corrected chi connectivity index (χ1v) is 7.78. The third-order valence-electron chi connectivity index (χ3n) is 7.69. The zero-order chi connectivity index (χ0) is 10.7. The zero-order valence-corrected chi connectivity index (χ0v) is 10.2. The van der Waals surface area contributed by atoms with Crippen LogP contribution in [-0.2, 0) is 0 Å². The van der Waals surface area contributed by atoms with Crippen LogP contribution < -0.4 is 0 Å². The molecule has 6 rings (SSSR count). The van der Waals surface area contributed by atoms with Crippen molar-refractivity contribution in [3.63, 3.8) is 0 Å². The second-order valence-electron chi connectivity index (χ2n) is 7.77. The van der Waals surface area contributed by atoms with Crippen molar-refractivity contribution in [2.45, 2.75) is 19.3 Å². The highest BCUT2D eigenvalue weighted by atomic mass is 14.7. The van der Waals surface area contributed by atoms with Gasteiger partial charge < -0.3 is 0 Å². The molecule has 0 aromatic carbocycles. The molecular formula is C17H20. The fourth-order valence-corrected chi connectivity index (χ4v) is 7.66. The standard InChI is InChI=1S/C17H20/c1-2-9-5-8(1)14-12-7-13(15(9)14)17-11-4-3-10(6-11)16(12)17/h1-4,8-17H,5-7H2/t8-,9+,10+,11-,12?,13?,14-,15+,16+,17-. The van der Waals surface area contributed by atoms with E-state index in [9.17, 15) is 0 Å². The Morgan fingerprint density at radius 3 is 1.18 bits per heavy atom. The van der Waals surface area contributed by atoms with Gasteiger partial charge in [0.15, 0.2) is 0 Å². The summed E-state index contributed by atoms with van der Waals surface area (Å²) in [6.45, 7) is 0. The van der Waals surface area contributed by atoms with E-state index in [-0.39, 0.29) is 0 Å². The van der Waals surface area contributed by atoms with Gasteiger partial charge in [-0.25, -0.2) is 0 Å². The molecule has 0 aromatic rings. The van der Waals surface area contributed by atoms with E-state index in [1.807, 2.05) is 0 Å². The first-order chi connectivity index (χ1) is 8.42. The maximum Gasteiger partial charge on any atom is -0.0194 e. The Hall–Kier alpha value is -0.520. The Bertz CT molecular complexity index is 381. The summed E-state index contributed by atoms with van der Waals surface area (Å²) in [6.07, 6.45) is 15.0. The van der Waals surface area contributed by atoms with Crippen LogP contribution in [0.5, 0.6) is 0 Å². The van der Waals surface area contributed by atoms with Gasteiger partial charge in [-0.05, 0) is 78.4 Å². The fourth-order valence-electron chi connectivity index (χ4n) is 7.66. The van der Waals surface area contributed by atoms with Gasteiger partial charge in [-0.1, -0.05) is 24.3 Å². The van der Waals surface area contributed by atoms with Crippen molar-refractivity contribution in [1.29, 1.82) is 0 Å². The molecule has 4 saturated carbocycles. The van der Waals surface area contributed by atoms with Crippen LogP contribution in [-0.4, -0.2) is 0 Å². The topological polar surface area (TPSA) is 0 Å². The maximum atomic E-state index is 2.59. The van der Waals surface area contributed by atoms with Gasteiger partial charge in [-0.2, -0.15) is 0 Å². The van der Waals surface area contributed by atoms with Crippen LogP contribution >= 0.6 is 0 Å². The molecule has 0 spiro atoms. The molecular weight excluding hydrogens is 204 g/mol. The Balaban J connectivity index is 1.51. The predicted octanol–water partition coefficient (Wildman–Crippen LogP) is 3.51. The van der Waals surface area contributed by atoms with Crippen LogP contribution in [0.3, 0.4) is 0 Å². The summed E-state index contributed by atoms with van der Waals surface area (Å²) in [5.74, 6) is 10.8. The minimum atomic E-state index is 1.00. The molecule has 2 unspecified atom stereocenters. The third kappa shape index (κ3) is 0.744. The Kier molecular flexibility index (Phi) is 1.23. The Morgan fingerprint density at radius 1 is 0.471 bits per heavy atom. The fraction of sp³-hybridized carbons (Fsp3) is 0.765. The summed E-state index contributed by atoms with van der Waals surface area (Å²) in [4.78, 5) is 0. The summed E-state index contributed by atoms with van der Waals surface area (Å²) in [7, 11) is 0. The van der Waals surface area contributed by atoms with Gasteiger partial charge in [0.05, 0.1) is 0 Å². The van der Waals surface area contributed by atoms with Crippen LogP contribution in [0.2, 0.25) is 0 Å².